The Bertz CT molecular complexity index is 912. The van der Waals surface area contributed by atoms with Crippen molar-refractivity contribution < 1.29 is 14.4 Å². The Balaban J connectivity index is 1.93. The maximum absolute atomic E-state index is 12.4. The molecule has 2 rings (SSSR count). The average Bonchev–Trinajstić information content (AvgIpc) is 2.75. The van der Waals surface area contributed by atoms with E-state index >= 15 is 0 Å². The Morgan fingerprint density at radius 3 is 2.10 bits per heavy atom. The highest BCUT2D eigenvalue weighted by Crippen LogP contribution is 2.25. The molecule has 166 valence electrons. The highest BCUT2D eigenvalue weighted by Gasteiger charge is 2.12. The lowest BCUT2D eigenvalue weighted by Gasteiger charge is -2.18. The van der Waals surface area contributed by atoms with Gasteiger partial charge in [-0.05, 0) is 62.7 Å². The molecule has 0 aliphatic heterocycles. The zero-order valence-corrected chi connectivity index (χ0v) is 18.9. The summed E-state index contributed by atoms with van der Waals surface area (Å²) < 4.78 is 0. The predicted molar refractivity (Wildman–Crippen MR) is 126 cm³/mol. The van der Waals surface area contributed by atoms with Crippen LogP contribution in [0.2, 0.25) is 5.02 Å². The molecular weight excluding hydrogens is 416 g/mol. The van der Waals surface area contributed by atoms with Gasteiger partial charge in [0, 0.05) is 36.4 Å². The predicted octanol–water partition coefficient (Wildman–Crippen LogP) is 4.61. The first-order valence-corrected chi connectivity index (χ1v) is 10.8. The number of benzene rings is 2. The molecule has 8 heteroatoms. The number of carbonyl (C=O) groups is 3. The van der Waals surface area contributed by atoms with Crippen LogP contribution in [-0.4, -0.2) is 42.3 Å². The molecule has 2 aromatic rings. The molecule has 2 aromatic carbocycles. The van der Waals surface area contributed by atoms with E-state index in [4.69, 9.17) is 11.6 Å². The molecule has 0 unspecified atom stereocenters. The lowest BCUT2D eigenvalue weighted by Crippen LogP contribution is -2.30. The molecule has 3 N–H and O–H groups in total. The van der Waals surface area contributed by atoms with Crippen LogP contribution in [0.25, 0.3) is 0 Å². The molecule has 0 atom stereocenters. The SMILES string of the molecule is CCCC(=O)Nc1ccc(Cl)c(NCC(=O)Nc2ccc(C(=O)N(CC)CC)cc2)c1. The largest absolute Gasteiger partial charge is 0.375 e. The van der Waals surface area contributed by atoms with Gasteiger partial charge in [-0.2, -0.15) is 0 Å². The summed E-state index contributed by atoms with van der Waals surface area (Å²) in [6.45, 7) is 7.08. The van der Waals surface area contributed by atoms with Crippen LogP contribution in [-0.2, 0) is 9.59 Å². The molecule has 0 bridgehead atoms. The molecule has 0 aliphatic rings. The molecule has 3 amide bonds. The fourth-order valence-electron chi connectivity index (χ4n) is 2.96. The summed E-state index contributed by atoms with van der Waals surface area (Å²) in [5, 5.41) is 9.01. The molecule has 0 saturated carbocycles. The molecule has 0 spiro atoms. The van der Waals surface area contributed by atoms with Crippen molar-refractivity contribution in [3.63, 3.8) is 0 Å². The normalized spacial score (nSPS) is 10.3. The second-order valence-corrected chi connectivity index (χ2v) is 7.36. The van der Waals surface area contributed by atoms with Gasteiger partial charge in [0.25, 0.3) is 5.91 Å². The molecule has 0 radical (unpaired) electrons. The zero-order chi connectivity index (χ0) is 22.8. The number of carbonyl (C=O) groups excluding carboxylic acids is 3. The summed E-state index contributed by atoms with van der Waals surface area (Å²) in [6.07, 6.45) is 1.20. The number of nitrogens with zero attached hydrogens (tertiary/aromatic N) is 1. The van der Waals surface area contributed by atoms with Gasteiger partial charge in [-0.25, -0.2) is 0 Å². The molecule has 0 aromatic heterocycles. The van der Waals surface area contributed by atoms with Crippen LogP contribution in [0.15, 0.2) is 42.5 Å². The van der Waals surface area contributed by atoms with Crippen molar-refractivity contribution in [1.82, 2.24) is 4.90 Å². The lowest BCUT2D eigenvalue weighted by molar-refractivity contribution is -0.116. The van der Waals surface area contributed by atoms with E-state index in [2.05, 4.69) is 16.0 Å². The van der Waals surface area contributed by atoms with Gasteiger partial charge in [0.05, 0.1) is 17.3 Å². The summed E-state index contributed by atoms with van der Waals surface area (Å²) >= 11 is 6.19. The van der Waals surface area contributed by atoms with Gasteiger partial charge in [-0.3, -0.25) is 14.4 Å². The number of rotatable bonds is 10. The van der Waals surface area contributed by atoms with Gasteiger partial charge in [0.2, 0.25) is 11.8 Å². The fraction of sp³-hybridized carbons (Fsp3) is 0.348. The third kappa shape index (κ3) is 7.29. The summed E-state index contributed by atoms with van der Waals surface area (Å²) in [5.74, 6) is -0.374. The van der Waals surface area contributed by atoms with Gasteiger partial charge in [0.1, 0.15) is 0 Å². The quantitative estimate of drug-likeness (QED) is 0.499. The fourth-order valence-corrected chi connectivity index (χ4v) is 3.14. The minimum Gasteiger partial charge on any atom is -0.375 e. The molecule has 0 saturated heterocycles. The summed E-state index contributed by atoms with van der Waals surface area (Å²) in [4.78, 5) is 38.2. The summed E-state index contributed by atoms with van der Waals surface area (Å²) in [7, 11) is 0. The Hall–Kier alpha value is -3.06. The van der Waals surface area contributed by atoms with Gasteiger partial charge in [0.15, 0.2) is 0 Å². The van der Waals surface area contributed by atoms with Gasteiger partial charge in [-0.1, -0.05) is 18.5 Å². The number of hydrogen-bond acceptors (Lipinski definition) is 4. The number of nitrogens with one attached hydrogen (secondary N) is 3. The Labute approximate surface area is 188 Å². The molecule has 7 nitrogen and oxygen atoms in total. The maximum atomic E-state index is 12.4. The van der Waals surface area contributed by atoms with Gasteiger partial charge < -0.3 is 20.9 Å². The van der Waals surface area contributed by atoms with Crippen molar-refractivity contribution >= 4 is 46.4 Å². The van der Waals surface area contributed by atoms with E-state index in [-0.39, 0.29) is 24.3 Å². The van der Waals surface area contributed by atoms with Crippen LogP contribution in [0.5, 0.6) is 0 Å². The minimum atomic E-state index is -0.265. The second kappa shape index (κ2) is 12.0. The van der Waals surface area contributed by atoms with E-state index in [1.165, 1.54) is 0 Å². The number of halogens is 1. The van der Waals surface area contributed by atoms with E-state index in [1.54, 1.807) is 47.4 Å². The Morgan fingerprint density at radius 2 is 1.48 bits per heavy atom. The first kappa shape index (κ1) is 24.2. The monoisotopic (exact) mass is 444 g/mol. The molecule has 0 heterocycles. The van der Waals surface area contributed by atoms with E-state index in [1.807, 2.05) is 20.8 Å². The third-order valence-electron chi connectivity index (χ3n) is 4.63. The maximum Gasteiger partial charge on any atom is 0.253 e. The van der Waals surface area contributed by atoms with Crippen LogP contribution in [0.1, 0.15) is 44.0 Å². The van der Waals surface area contributed by atoms with Crippen LogP contribution in [0, 0.1) is 0 Å². The van der Waals surface area contributed by atoms with Crippen molar-refractivity contribution in [2.45, 2.75) is 33.6 Å². The van der Waals surface area contributed by atoms with Gasteiger partial charge >= 0.3 is 0 Å². The third-order valence-corrected chi connectivity index (χ3v) is 4.96. The number of anilines is 3. The Kier molecular flexibility index (Phi) is 9.34. The van der Waals surface area contributed by atoms with E-state index in [0.717, 1.165) is 6.42 Å². The Morgan fingerprint density at radius 1 is 0.871 bits per heavy atom. The smallest absolute Gasteiger partial charge is 0.253 e. The first-order valence-electron chi connectivity index (χ1n) is 10.4. The molecular formula is C23H29ClN4O3. The van der Waals surface area contributed by atoms with Crippen molar-refractivity contribution in [3.05, 3.63) is 53.1 Å². The van der Waals surface area contributed by atoms with Crippen LogP contribution >= 0.6 is 11.6 Å². The van der Waals surface area contributed by atoms with Crippen molar-refractivity contribution in [2.75, 3.05) is 35.6 Å². The lowest BCUT2D eigenvalue weighted by atomic mass is 10.1. The summed E-state index contributed by atoms with van der Waals surface area (Å²) in [5.41, 5.74) is 2.33. The highest BCUT2D eigenvalue weighted by molar-refractivity contribution is 6.33. The van der Waals surface area contributed by atoms with Gasteiger partial charge in [-0.15, -0.1) is 0 Å². The van der Waals surface area contributed by atoms with Crippen molar-refractivity contribution in [2.24, 2.45) is 0 Å². The molecule has 0 aliphatic carbocycles. The summed E-state index contributed by atoms with van der Waals surface area (Å²) in [6, 6.07) is 11.9. The molecule has 0 fully saturated rings. The standard InChI is InChI=1S/C23H29ClN4O3/c1-4-7-21(29)27-18-12-13-19(24)20(14-18)25-15-22(30)26-17-10-8-16(9-11-17)23(31)28(5-2)6-3/h8-14,25H,4-7,15H2,1-3H3,(H,26,30)(H,27,29). The van der Waals surface area contributed by atoms with E-state index in [0.29, 0.717) is 47.2 Å². The van der Waals surface area contributed by atoms with E-state index in [9.17, 15) is 14.4 Å². The van der Waals surface area contributed by atoms with Crippen LogP contribution in [0.4, 0.5) is 17.1 Å². The zero-order valence-electron chi connectivity index (χ0n) is 18.1. The van der Waals surface area contributed by atoms with Crippen molar-refractivity contribution in [3.8, 4) is 0 Å². The molecule has 31 heavy (non-hydrogen) atoms. The van der Waals surface area contributed by atoms with Crippen LogP contribution < -0.4 is 16.0 Å². The van der Waals surface area contributed by atoms with Crippen LogP contribution in [0.3, 0.4) is 0 Å². The topological polar surface area (TPSA) is 90.5 Å². The average molecular weight is 445 g/mol. The minimum absolute atomic E-state index is 0.00773. The van der Waals surface area contributed by atoms with Crippen molar-refractivity contribution in [1.29, 1.82) is 0 Å². The second-order valence-electron chi connectivity index (χ2n) is 6.95. The number of amides is 3. The highest BCUT2D eigenvalue weighted by atomic mass is 35.5. The number of hydrogen-bond donors (Lipinski definition) is 3. The first-order chi connectivity index (χ1) is 14.9. The van der Waals surface area contributed by atoms with E-state index < -0.39 is 0 Å².